The highest BCUT2D eigenvalue weighted by atomic mass is 16.7. The summed E-state index contributed by atoms with van der Waals surface area (Å²) in [6.07, 6.45) is 7.01. The molecule has 3 rings (SSSR count). The fourth-order valence-electron chi connectivity index (χ4n) is 4.12. The van der Waals surface area contributed by atoms with Crippen molar-refractivity contribution >= 4 is 0 Å². The van der Waals surface area contributed by atoms with Gasteiger partial charge in [0.2, 0.25) is 0 Å². The van der Waals surface area contributed by atoms with Gasteiger partial charge in [0.05, 0.1) is 24.1 Å². The SMILES string of the molecule is N#CC[C@@H]1CCC[C@]23CCC[C@H]2[C@@H](C#N)ON13. The van der Waals surface area contributed by atoms with E-state index in [4.69, 9.17) is 10.1 Å². The maximum atomic E-state index is 9.21. The molecule has 0 radical (unpaired) electrons. The maximum Gasteiger partial charge on any atom is 0.170 e. The third kappa shape index (κ3) is 1.41. The van der Waals surface area contributed by atoms with E-state index in [9.17, 15) is 5.26 Å². The number of nitriles is 2. The molecule has 0 aromatic rings. The van der Waals surface area contributed by atoms with Crippen LogP contribution in [-0.2, 0) is 4.84 Å². The van der Waals surface area contributed by atoms with Crippen LogP contribution in [0.2, 0.25) is 0 Å². The number of hydroxylamine groups is 2. The van der Waals surface area contributed by atoms with Crippen molar-refractivity contribution in [2.24, 2.45) is 5.92 Å². The second-order valence-corrected chi connectivity index (χ2v) is 5.49. The molecule has 0 aromatic carbocycles. The van der Waals surface area contributed by atoms with E-state index >= 15 is 0 Å². The molecule has 1 aliphatic carbocycles. The molecule has 4 heteroatoms. The number of piperidine rings is 1. The lowest BCUT2D eigenvalue weighted by Crippen LogP contribution is -2.52. The van der Waals surface area contributed by atoms with Gasteiger partial charge >= 0.3 is 0 Å². The van der Waals surface area contributed by atoms with E-state index < -0.39 is 0 Å². The van der Waals surface area contributed by atoms with E-state index in [-0.39, 0.29) is 17.7 Å². The Morgan fingerprint density at radius 2 is 2.00 bits per heavy atom. The van der Waals surface area contributed by atoms with Crippen LogP contribution in [0.3, 0.4) is 0 Å². The first kappa shape index (κ1) is 11.0. The van der Waals surface area contributed by atoms with Crippen LogP contribution in [0.1, 0.15) is 44.9 Å². The molecule has 0 aromatic heterocycles. The highest BCUT2D eigenvalue weighted by Gasteiger charge is 2.60. The zero-order valence-corrected chi connectivity index (χ0v) is 9.93. The van der Waals surface area contributed by atoms with Crippen molar-refractivity contribution in [1.29, 1.82) is 10.5 Å². The number of hydrogen-bond acceptors (Lipinski definition) is 4. The Labute approximate surface area is 102 Å². The molecule has 2 heterocycles. The molecule has 1 saturated carbocycles. The highest BCUT2D eigenvalue weighted by molar-refractivity contribution is 5.13. The smallest absolute Gasteiger partial charge is 0.170 e. The summed E-state index contributed by atoms with van der Waals surface area (Å²) >= 11 is 0. The first-order chi connectivity index (χ1) is 8.31. The van der Waals surface area contributed by atoms with E-state index in [0.717, 1.165) is 25.7 Å². The predicted molar refractivity (Wildman–Crippen MR) is 60.3 cm³/mol. The van der Waals surface area contributed by atoms with Gasteiger partial charge in [-0.2, -0.15) is 15.6 Å². The van der Waals surface area contributed by atoms with Crippen molar-refractivity contribution in [3.63, 3.8) is 0 Å². The summed E-state index contributed by atoms with van der Waals surface area (Å²) in [5.74, 6) is 0.369. The van der Waals surface area contributed by atoms with Crippen LogP contribution >= 0.6 is 0 Å². The third-order valence-electron chi connectivity index (χ3n) is 4.78. The Morgan fingerprint density at radius 1 is 1.24 bits per heavy atom. The normalized spacial score (nSPS) is 44.7. The molecular weight excluding hydrogens is 214 g/mol. The average molecular weight is 231 g/mol. The molecule has 3 fully saturated rings. The molecule has 4 atom stereocenters. The number of hydrogen-bond donors (Lipinski definition) is 0. The molecule has 17 heavy (non-hydrogen) atoms. The van der Waals surface area contributed by atoms with Crippen LogP contribution in [0.15, 0.2) is 0 Å². The molecule has 90 valence electrons. The zero-order valence-electron chi connectivity index (χ0n) is 9.93. The molecule has 0 unspecified atom stereocenters. The molecule has 4 nitrogen and oxygen atoms in total. The topological polar surface area (TPSA) is 60.1 Å². The lowest BCUT2D eigenvalue weighted by Gasteiger charge is -2.44. The summed E-state index contributed by atoms with van der Waals surface area (Å²) in [7, 11) is 0. The van der Waals surface area contributed by atoms with E-state index in [1.54, 1.807) is 0 Å². The second-order valence-electron chi connectivity index (χ2n) is 5.49. The molecule has 2 aliphatic heterocycles. The van der Waals surface area contributed by atoms with Crippen molar-refractivity contribution in [3.05, 3.63) is 0 Å². The summed E-state index contributed by atoms with van der Waals surface area (Å²) in [6.45, 7) is 0. The van der Waals surface area contributed by atoms with Crippen LogP contribution in [0, 0.1) is 28.6 Å². The van der Waals surface area contributed by atoms with Gasteiger partial charge in [-0.3, -0.25) is 4.84 Å². The van der Waals surface area contributed by atoms with Crippen molar-refractivity contribution in [2.75, 3.05) is 0 Å². The van der Waals surface area contributed by atoms with E-state index in [0.29, 0.717) is 12.3 Å². The molecule has 0 amide bonds. The minimum absolute atomic E-state index is 0.0835. The van der Waals surface area contributed by atoms with Gasteiger partial charge in [-0.15, -0.1) is 0 Å². The summed E-state index contributed by atoms with van der Waals surface area (Å²) in [5, 5.41) is 20.2. The Hall–Kier alpha value is -1.10. The molecule has 0 N–H and O–H groups in total. The third-order valence-corrected chi connectivity index (χ3v) is 4.78. The maximum absolute atomic E-state index is 9.21. The summed E-state index contributed by atoms with van der Waals surface area (Å²) in [4.78, 5) is 5.86. The van der Waals surface area contributed by atoms with Gasteiger partial charge in [0, 0.05) is 12.0 Å². The number of nitrogens with zero attached hydrogens (tertiary/aromatic N) is 3. The lowest BCUT2D eigenvalue weighted by atomic mass is 9.76. The van der Waals surface area contributed by atoms with Gasteiger partial charge < -0.3 is 0 Å². The fraction of sp³-hybridized carbons (Fsp3) is 0.846. The summed E-state index contributed by atoms with van der Waals surface area (Å²) < 4.78 is 0. The fourth-order valence-corrected chi connectivity index (χ4v) is 4.12. The standard InChI is InChI=1S/C13H17N3O/c14-8-5-10-3-1-6-13-7-2-4-11(13)12(9-15)17-16(10)13/h10-12H,1-7H2/t10-,11-,12+,13-/m0/s1. The molecule has 3 aliphatic rings. The first-order valence-corrected chi connectivity index (χ1v) is 6.54. The van der Waals surface area contributed by atoms with Crippen LogP contribution in [0.5, 0.6) is 0 Å². The van der Waals surface area contributed by atoms with Gasteiger partial charge in [0.25, 0.3) is 0 Å². The van der Waals surface area contributed by atoms with Gasteiger partial charge in [0.1, 0.15) is 0 Å². The van der Waals surface area contributed by atoms with Gasteiger partial charge in [-0.1, -0.05) is 6.42 Å². The molecular formula is C13H17N3O. The predicted octanol–water partition coefficient (Wildman–Crippen LogP) is 2.13. The quantitative estimate of drug-likeness (QED) is 0.693. The molecule has 2 saturated heterocycles. The van der Waals surface area contributed by atoms with Gasteiger partial charge in [-0.25, -0.2) is 0 Å². The van der Waals surface area contributed by atoms with E-state index in [1.165, 1.54) is 12.8 Å². The Bertz CT molecular complexity index is 396. The molecule has 0 bridgehead atoms. The van der Waals surface area contributed by atoms with Crippen molar-refractivity contribution < 1.29 is 4.84 Å². The minimum atomic E-state index is -0.281. The van der Waals surface area contributed by atoms with E-state index in [1.807, 2.05) is 0 Å². The van der Waals surface area contributed by atoms with Crippen molar-refractivity contribution in [1.82, 2.24) is 5.06 Å². The summed E-state index contributed by atoms with van der Waals surface area (Å²) in [6, 6.07) is 4.76. The Morgan fingerprint density at radius 3 is 2.71 bits per heavy atom. The van der Waals surface area contributed by atoms with Gasteiger partial charge in [-0.05, 0) is 32.1 Å². The van der Waals surface area contributed by atoms with Crippen LogP contribution < -0.4 is 0 Å². The Kier molecular flexibility index (Phi) is 2.58. The monoisotopic (exact) mass is 231 g/mol. The minimum Gasteiger partial charge on any atom is -0.279 e. The van der Waals surface area contributed by atoms with E-state index in [2.05, 4.69) is 17.2 Å². The number of rotatable bonds is 1. The van der Waals surface area contributed by atoms with Crippen molar-refractivity contribution in [2.45, 2.75) is 62.6 Å². The van der Waals surface area contributed by atoms with Crippen molar-refractivity contribution in [3.8, 4) is 12.1 Å². The first-order valence-electron chi connectivity index (χ1n) is 6.54. The second kappa shape index (κ2) is 3.98. The van der Waals surface area contributed by atoms with Gasteiger partial charge in [0.15, 0.2) is 6.10 Å². The Balaban J connectivity index is 1.92. The molecule has 1 spiro atoms. The summed E-state index contributed by atoms with van der Waals surface area (Å²) in [5.41, 5.74) is 0.0835. The largest absolute Gasteiger partial charge is 0.279 e. The average Bonchev–Trinajstić information content (AvgIpc) is 2.85. The van der Waals surface area contributed by atoms with Crippen LogP contribution in [0.25, 0.3) is 0 Å². The van der Waals surface area contributed by atoms with Crippen LogP contribution in [0.4, 0.5) is 0 Å². The lowest BCUT2D eigenvalue weighted by molar-refractivity contribution is -0.219. The van der Waals surface area contributed by atoms with Crippen LogP contribution in [-0.4, -0.2) is 22.7 Å². The highest BCUT2D eigenvalue weighted by Crippen LogP contribution is 2.54. The zero-order chi connectivity index (χ0) is 11.9.